The molecule has 0 radical (unpaired) electrons. The minimum atomic E-state index is -0.336. The molecule has 0 heterocycles. The van der Waals surface area contributed by atoms with Crippen molar-refractivity contribution in [3.05, 3.63) is 0 Å². The first kappa shape index (κ1) is 17.3. The first-order valence-electron chi connectivity index (χ1n) is 6.31. The molecule has 0 aromatic carbocycles. The summed E-state index contributed by atoms with van der Waals surface area (Å²) in [6.07, 6.45) is 1.72. The van der Waals surface area contributed by atoms with Crippen LogP contribution in [0.4, 0.5) is 0 Å². The number of carbonyl (C=O) groups excluding carboxylic acids is 2. The lowest BCUT2D eigenvalue weighted by molar-refractivity contribution is -0.146. The predicted octanol–water partition coefficient (Wildman–Crippen LogP) is 2.10. The minimum Gasteiger partial charge on any atom is -0.466 e. The summed E-state index contributed by atoms with van der Waals surface area (Å²) in [6, 6.07) is 0. The number of ether oxygens (including phenoxy) is 2. The maximum Gasteiger partial charge on any atom is 0.306 e. The Morgan fingerprint density at radius 1 is 0.789 bits per heavy atom. The smallest absolute Gasteiger partial charge is 0.306 e. The molecular formula is C13H22N2O4. The summed E-state index contributed by atoms with van der Waals surface area (Å²) in [6.45, 7) is 3.71. The van der Waals surface area contributed by atoms with E-state index in [2.05, 4.69) is 0 Å². The van der Waals surface area contributed by atoms with Gasteiger partial charge in [0.05, 0.1) is 26.1 Å². The number of hydrogen-bond acceptors (Lipinski definition) is 6. The summed E-state index contributed by atoms with van der Waals surface area (Å²) in [5, 5.41) is 14.3. The zero-order valence-electron chi connectivity index (χ0n) is 11.6. The number of carbonyl (C=O) groups is 2. The SMILES string of the molecule is CC(=N)CCC(=O)OCCCOC(=O)CCC(C)=N. The van der Waals surface area contributed by atoms with Gasteiger partial charge in [-0.15, -0.1) is 0 Å². The molecule has 0 aromatic heterocycles. The van der Waals surface area contributed by atoms with Crippen molar-refractivity contribution in [1.29, 1.82) is 10.8 Å². The second kappa shape index (κ2) is 10.2. The van der Waals surface area contributed by atoms with Crippen molar-refractivity contribution in [3.63, 3.8) is 0 Å². The predicted molar refractivity (Wildman–Crippen MR) is 71.8 cm³/mol. The lowest BCUT2D eigenvalue weighted by atomic mass is 10.2. The van der Waals surface area contributed by atoms with Crippen LogP contribution in [0.15, 0.2) is 0 Å². The maximum absolute atomic E-state index is 11.2. The lowest BCUT2D eigenvalue weighted by Gasteiger charge is -2.06. The summed E-state index contributed by atoms with van der Waals surface area (Å²) in [4.78, 5) is 22.3. The van der Waals surface area contributed by atoms with Crippen LogP contribution in [0.3, 0.4) is 0 Å². The summed E-state index contributed by atoms with van der Waals surface area (Å²) < 4.78 is 9.82. The Kier molecular flexibility index (Phi) is 9.30. The van der Waals surface area contributed by atoms with E-state index in [0.29, 0.717) is 30.7 Å². The number of hydrogen-bond donors (Lipinski definition) is 2. The molecule has 6 nitrogen and oxygen atoms in total. The molecule has 0 fully saturated rings. The Labute approximate surface area is 113 Å². The van der Waals surface area contributed by atoms with Gasteiger partial charge in [-0.3, -0.25) is 9.59 Å². The molecule has 0 aromatic rings. The van der Waals surface area contributed by atoms with Gasteiger partial charge in [-0.2, -0.15) is 0 Å². The van der Waals surface area contributed by atoms with Gasteiger partial charge in [-0.1, -0.05) is 0 Å². The Bertz CT molecular complexity index is 308. The van der Waals surface area contributed by atoms with E-state index in [9.17, 15) is 9.59 Å². The van der Waals surface area contributed by atoms with Crippen molar-refractivity contribution >= 4 is 23.4 Å². The normalized spacial score (nSPS) is 9.79. The Morgan fingerprint density at radius 2 is 1.16 bits per heavy atom. The Hall–Kier alpha value is -1.72. The van der Waals surface area contributed by atoms with Crippen molar-refractivity contribution in [1.82, 2.24) is 0 Å². The Balaban J connectivity index is 3.44. The van der Waals surface area contributed by atoms with E-state index in [1.807, 2.05) is 0 Å². The molecule has 0 saturated heterocycles. The third-order valence-electron chi connectivity index (χ3n) is 2.22. The number of esters is 2. The van der Waals surface area contributed by atoms with E-state index in [1.54, 1.807) is 13.8 Å². The van der Waals surface area contributed by atoms with Crippen molar-refractivity contribution < 1.29 is 19.1 Å². The van der Waals surface area contributed by atoms with Gasteiger partial charge in [-0.05, 0) is 26.7 Å². The molecule has 0 unspecified atom stereocenters. The van der Waals surface area contributed by atoms with E-state index in [1.165, 1.54) is 0 Å². The fourth-order valence-electron chi connectivity index (χ4n) is 1.15. The zero-order chi connectivity index (χ0) is 14.7. The molecule has 0 spiro atoms. The second-order valence-electron chi connectivity index (χ2n) is 4.36. The largest absolute Gasteiger partial charge is 0.466 e. The van der Waals surface area contributed by atoms with Crippen molar-refractivity contribution in [3.8, 4) is 0 Å². The highest BCUT2D eigenvalue weighted by Gasteiger charge is 2.05. The van der Waals surface area contributed by atoms with Crippen LogP contribution in [0, 0.1) is 10.8 Å². The lowest BCUT2D eigenvalue weighted by Crippen LogP contribution is -2.11. The third kappa shape index (κ3) is 12.5. The third-order valence-corrected chi connectivity index (χ3v) is 2.22. The average Bonchev–Trinajstić information content (AvgIpc) is 2.33. The van der Waals surface area contributed by atoms with Gasteiger partial charge in [-0.25, -0.2) is 0 Å². The number of rotatable bonds is 10. The summed E-state index contributed by atoms with van der Waals surface area (Å²) in [5.41, 5.74) is 0.903. The van der Waals surface area contributed by atoms with Crippen LogP contribution in [0.1, 0.15) is 46.0 Å². The van der Waals surface area contributed by atoms with E-state index in [-0.39, 0.29) is 38.0 Å². The molecule has 0 aliphatic carbocycles. The van der Waals surface area contributed by atoms with Gasteiger partial charge in [0, 0.05) is 17.8 Å². The van der Waals surface area contributed by atoms with Crippen molar-refractivity contribution in [2.24, 2.45) is 0 Å². The van der Waals surface area contributed by atoms with Crippen LogP contribution >= 0.6 is 0 Å². The van der Waals surface area contributed by atoms with Gasteiger partial charge >= 0.3 is 11.9 Å². The topological polar surface area (TPSA) is 100 Å². The van der Waals surface area contributed by atoms with E-state index in [0.717, 1.165) is 0 Å². The van der Waals surface area contributed by atoms with Crippen LogP contribution in [0.5, 0.6) is 0 Å². The fourth-order valence-corrected chi connectivity index (χ4v) is 1.15. The second-order valence-corrected chi connectivity index (χ2v) is 4.36. The first-order chi connectivity index (χ1) is 8.91. The molecule has 0 rings (SSSR count). The summed E-state index contributed by atoms with van der Waals surface area (Å²) in [7, 11) is 0. The minimum absolute atomic E-state index is 0.215. The van der Waals surface area contributed by atoms with Crippen LogP contribution in [0.25, 0.3) is 0 Å². The monoisotopic (exact) mass is 270 g/mol. The highest BCUT2D eigenvalue weighted by Crippen LogP contribution is 1.97. The molecule has 0 amide bonds. The summed E-state index contributed by atoms with van der Waals surface area (Å²) >= 11 is 0. The molecule has 6 heteroatoms. The van der Waals surface area contributed by atoms with Crippen LogP contribution in [0.2, 0.25) is 0 Å². The van der Waals surface area contributed by atoms with Gasteiger partial charge < -0.3 is 20.3 Å². The van der Waals surface area contributed by atoms with Crippen LogP contribution in [-0.2, 0) is 19.1 Å². The molecule has 0 aliphatic rings. The van der Waals surface area contributed by atoms with Crippen molar-refractivity contribution in [2.75, 3.05) is 13.2 Å². The van der Waals surface area contributed by atoms with E-state index < -0.39 is 0 Å². The molecule has 0 aliphatic heterocycles. The molecule has 108 valence electrons. The van der Waals surface area contributed by atoms with Crippen molar-refractivity contribution in [2.45, 2.75) is 46.0 Å². The van der Waals surface area contributed by atoms with Gasteiger partial charge in [0.2, 0.25) is 0 Å². The van der Waals surface area contributed by atoms with Gasteiger partial charge in [0.15, 0.2) is 0 Å². The van der Waals surface area contributed by atoms with E-state index in [4.69, 9.17) is 20.3 Å². The number of nitrogens with one attached hydrogen (secondary N) is 2. The highest BCUT2D eigenvalue weighted by molar-refractivity contribution is 5.83. The summed E-state index contributed by atoms with van der Waals surface area (Å²) in [5.74, 6) is -0.672. The zero-order valence-corrected chi connectivity index (χ0v) is 11.6. The Morgan fingerprint density at radius 3 is 1.47 bits per heavy atom. The standard InChI is InChI=1S/C13H22N2O4/c1-10(14)4-6-12(16)18-8-3-9-19-13(17)7-5-11(2)15/h14-15H,3-9H2,1-2H3. The maximum atomic E-state index is 11.2. The molecule has 0 atom stereocenters. The van der Waals surface area contributed by atoms with Gasteiger partial charge in [0.25, 0.3) is 0 Å². The molecule has 0 bridgehead atoms. The van der Waals surface area contributed by atoms with Crippen LogP contribution in [-0.4, -0.2) is 36.6 Å². The molecular weight excluding hydrogens is 248 g/mol. The average molecular weight is 270 g/mol. The molecule has 19 heavy (non-hydrogen) atoms. The van der Waals surface area contributed by atoms with Gasteiger partial charge in [0.1, 0.15) is 0 Å². The van der Waals surface area contributed by atoms with E-state index >= 15 is 0 Å². The molecule has 2 N–H and O–H groups in total. The molecule has 0 saturated carbocycles. The quantitative estimate of drug-likeness (QED) is 0.360. The van der Waals surface area contributed by atoms with Crippen LogP contribution < -0.4 is 0 Å². The fraction of sp³-hybridized carbons (Fsp3) is 0.692. The first-order valence-corrected chi connectivity index (χ1v) is 6.31. The highest BCUT2D eigenvalue weighted by atomic mass is 16.5.